The predicted molar refractivity (Wildman–Crippen MR) is 128 cm³/mol. The molecule has 0 spiro atoms. The summed E-state index contributed by atoms with van der Waals surface area (Å²) in [5.74, 6) is -1.46. The van der Waals surface area contributed by atoms with Crippen molar-refractivity contribution in [2.24, 2.45) is 0 Å². The van der Waals surface area contributed by atoms with Crippen LogP contribution in [-0.2, 0) is 38.1 Å². The van der Waals surface area contributed by atoms with E-state index >= 15 is 0 Å². The van der Waals surface area contributed by atoms with E-state index in [0.29, 0.717) is 39.3 Å². The number of hydrogen-bond acceptors (Lipinski definition) is 9. The fourth-order valence-corrected chi connectivity index (χ4v) is 2.61. The van der Waals surface area contributed by atoms with Crippen molar-refractivity contribution in [3.8, 4) is 0 Å². The number of carboxylic acid groups (broad SMARTS) is 1. The lowest BCUT2D eigenvalue weighted by Crippen LogP contribution is -2.48. The Labute approximate surface area is 207 Å². The van der Waals surface area contributed by atoms with Gasteiger partial charge in [0, 0.05) is 31.5 Å². The van der Waals surface area contributed by atoms with Crippen LogP contribution in [0, 0.1) is 0 Å². The van der Waals surface area contributed by atoms with E-state index in [1.54, 1.807) is 6.92 Å². The zero-order valence-corrected chi connectivity index (χ0v) is 21.5. The van der Waals surface area contributed by atoms with E-state index in [4.69, 9.17) is 18.9 Å². The largest absolute Gasteiger partial charge is 0.480 e. The van der Waals surface area contributed by atoms with Gasteiger partial charge in [-0.15, -0.1) is 0 Å². The van der Waals surface area contributed by atoms with Crippen molar-refractivity contribution in [3.05, 3.63) is 0 Å². The van der Waals surface area contributed by atoms with Crippen LogP contribution in [0.3, 0.4) is 0 Å². The van der Waals surface area contributed by atoms with Crippen LogP contribution in [0.25, 0.3) is 0 Å². The topological polar surface area (TPSA) is 162 Å². The molecule has 0 saturated heterocycles. The van der Waals surface area contributed by atoms with Gasteiger partial charge in [-0.1, -0.05) is 6.92 Å². The monoisotopic (exact) mass is 505 g/mol. The number of rotatable bonds is 22. The molecule has 0 aromatic heterocycles. The number of nitrogens with one attached hydrogen (secondary N) is 3. The molecule has 0 aromatic rings. The summed E-state index contributed by atoms with van der Waals surface area (Å²) in [5.41, 5.74) is -0.363. The molecular formula is C23H43N3O9. The predicted octanol–water partition coefficient (Wildman–Crippen LogP) is -0.114. The van der Waals surface area contributed by atoms with Crippen LogP contribution < -0.4 is 16.0 Å². The number of aliphatic carboxylic acids is 1. The molecule has 204 valence electrons. The van der Waals surface area contributed by atoms with Crippen molar-refractivity contribution in [3.63, 3.8) is 0 Å². The van der Waals surface area contributed by atoms with Gasteiger partial charge in [0.1, 0.15) is 19.3 Å². The minimum absolute atomic E-state index is 0.0436. The number of amides is 2. The average Bonchev–Trinajstić information content (AvgIpc) is 2.78. The van der Waals surface area contributed by atoms with Gasteiger partial charge in [0.15, 0.2) is 5.78 Å². The summed E-state index contributed by atoms with van der Waals surface area (Å²) in [6, 6.07) is -0.790. The van der Waals surface area contributed by atoms with Gasteiger partial charge in [-0.3, -0.25) is 24.5 Å². The number of ketones is 1. The summed E-state index contributed by atoms with van der Waals surface area (Å²) in [4.78, 5) is 45.8. The second-order valence-corrected chi connectivity index (χ2v) is 8.75. The lowest BCUT2D eigenvalue weighted by atomic mass is 10.0. The van der Waals surface area contributed by atoms with E-state index in [0.717, 1.165) is 0 Å². The quantitative estimate of drug-likeness (QED) is 0.146. The summed E-state index contributed by atoms with van der Waals surface area (Å²) in [7, 11) is 0. The maximum absolute atomic E-state index is 11.9. The highest BCUT2D eigenvalue weighted by molar-refractivity contribution is 5.79. The Bertz CT molecular complexity index is 624. The zero-order valence-electron chi connectivity index (χ0n) is 21.5. The van der Waals surface area contributed by atoms with Crippen LogP contribution >= 0.6 is 0 Å². The molecule has 0 rings (SSSR count). The minimum Gasteiger partial charge on any atom is -0.480 e. The Morgan fingerprint density at radius 2 is 1.29 bits per heavy atom. The molecular weight excluding hydrogens is 462 g/mol. The van der Waals surface area contributed by atoms with Crippen LogP contribution in [0.1, 0.15) is 47.0 Å². The summed E-state index contributed by atoms with van der Waals surface area (Å²) in [5, 5.41) is 17.5. The van der Waals surface area contributed by atoms with Crippen LogP contribution in [0.15, 0.2) is 0 Å². The van der Waals surface area contributed by atoms with Crippen LogP contribution in [0.5, 0.6) is 0 Å². The van der Waals surface area contributed by atoms with Crippen molar-refractivity contribution >= 4 is 23.6 Å². The molecule has 0 saturated carbocycles. The van der Waals surface area contributed by atoms with E-state index in [2.05, 4.69) is 16.0 Å². The molecule has 2 amide bonds. The van der Waals surface area contributed by atoms with Crippen LogP contribution in [-0.4, -0.2) is 106 Å². The Morgan fingerprint density at radius 3 is 1.80 bits per heavy atom. The molecule has 0 aliphatic carbocycles. The minimum atomic E-state index is -0.985. The molecule has 1 unspecified atom stereocenters. The number of ether oxygens (including phenoxy) is 4. The van der Waals surface area contributed by atoms with E-state index in [-0.39, 0.29) is 69.0 Å². The Morgan fingerprint density at radius 1 is 0.771 bits per heavy atom. The molecule has 0 heterocycles. The van der Waals surface area contributed by atoms with Gasteiger partial charge in [0.05, 0.1) is 39.6 Å². The Kier molecular flexibility index (Phi) is 18.9. The fourth-order valence-electron chi connectivity index (χ4n) is 2.61. The molecule has 0 bridgehead atoms. The zero-order chi connectivity index (χ0) is 26.5. The number of Topliss-reactive ketones (excluding diaryl/α,β-unsaturated/α-hetero) is 1. The molecule has 35 heavy (non-hydrogen) atoms. The van der Waals surface area contributed by atoms with Crippen molar-refractivity contribution in [1.29, 1.82) is 0 Å². The number of carbonyl (C=O) groups is 4. The van der Waals surface area contributed by atoms with Gasteiger partial charge in [-0.25, -0.2) is 0 Å². The fraction of sp³-hybridized carbons (Fsp3) is 0.826. The van der Waals surface area contributed by atoms with Crippen LogP contribution in [0.4, 0.5) is 0 Å². The molecule has 0 fully saturated rings. The Hall–Kier alpha value is -2.12. The van der Waals surface area contributed by atoms with E-state index in [9.17, 15) is 24.3 Å². The second-order valence-electron chi connectivity index (χ2n) is 8.75. The van der Waals surface area contributed by atoms with Gasteiger partial charge >= 0.3 is 5.97 Å². The first kappa shape index (κ1) is 32.9. The first-order valence-corrected chi connectivity index (χ1v) is 11.9. The van der Waals surface area contributed by atoms with E-state index < -0.39 is 12.0 Å². The van der Waals surface area contributed by atoms with E-state index in [1.807, 2.05) is 20.8 Å². The molecule has 1 atom stereocenters. The van der Waals surface area contributed by atoms with Gasteiger partial charge in [0.25, 0.3) is 0 Å². The molecule has 0 radical (unpaired) electrons. The third kappa shape index (κ3) is 22.1. The molecule has 0 aliphatic rings. The number of carbonyl (C=O) groups excluding carboxylic acids is 3. The Balaban J connectivity index is 3.56. The third-order valence-corrected chi connectivity index (χ3v) is 4.34. The number of carboxylic acids is 1. The molecule has 0 aliphatic heterocycles. The second kappa shape index (κ2) is 20.1. The summed E-state index contributed by atoms with van der Waals surface area (Å²) >= 11 is 0. The SMILES string of the molecule is CCC(=O)COCCOCCNC(=O)COCCOCCNC(=O)CCC(NC(C)(C)C)C(=O)O. The highest BCUT2D eigenvalue weighted by Crippen LogP contribution is 2.06. The van der Waals surface area contributed by atoms with Crippen molar-refractivity contribution in [2.45, 2.75) is 58.5 Å². The van der Waals surface area contributed by atoms with E-state index in [1.165, 1.54) is 0 Å². The smallest absolute Gasteiger partial charge is 0.320 e. The standard InChI is InChI=1S/C23H43N3O9/c1-5-18(27)16-34-14-12-33-11-9-25-21(29)17-35-15-13-32-10-8-24-20(28)7-6-19(22(30)31)26-23(2,3)4/h19,26H,5-17H2,1-4H3,(H,24,28)(H,25,29)(H,30,31). The third-order valence-electron chi connectivity index (χ3n) is 4.34. The average molecular weight is 506 g/mol. The van der Waals surface area contributed by atoms with Crippen molar-refractivity contribution in [2.75, 3.05) is 65.9 Å². The molecule has 12 heteroatoms. The summed E-state index contributed by atoms with van der Waals surface area (Å²) in [6.45, 7) is 9.78. The normalized spacial score (nSPS) is 12.2. The molecule has 4 N–H and O–H groups in total. The first-order chi connectivity index (χ1) is 16.5. The van der Waals surface area contributed by atoms with Crippen molar-refractivity contribution in [1.82, 2.24) is 16.0 Å². The lowest BCUT2D eigenvalue weighted by molar-refractivity contribution is -0.140. The van der Waals surface area contributed by atoms with Gasteiger partial charge in [-0.2, -0.15) is 0 Å². The summed E-state index contributed by atoms with van der Waals surface area (Å²) in [6.07, 6.45) is 0.738. The highest BCUT2D eigenvalue weighted by Gasteiger charge is 2.23. The highest BCUT2D eigenvalue weighted by atomic mass is 16.5. The van der Waals surface area contributed by atoms with Gasteiger partial charge < -0.3 is 34.7 Å². The molecule has 0 aromatic carbocycles. The molecule has 12 nitrogen and oxygen atoms in total. The van der Waals surface area contributed by atoms with Gasteiger partial charge in [-0.05, 0) is 27.2 Å². The van der Waals surface area contributed by atoms with Crippen molar-refractivity contribution < 1.29 is 43.2 Å². The first-order valence-electron chi connectivity index (χ1n) is 11.9. The lowest BCUT2D eigenvalue weighted by Gasteiger charge is -2.25. The maximum Gasteiger partial charge on any atom is 0.320 e. The maximum atomic E-state index is 11.9. The summed E-state index contributed by atoms with van der Waals surface area (Å²) < 4.78 is 21.0. The number of hydrogen-bond donors (Lipinski definition) is 4. The van der Waals surface area contributed by atoms with Crippen LogP contribution in [0.2, 0.25) is 0 Å². The van der Waals surface area contributed by atoms with Gasteiger partial charge in [0.2, 0.25) is 11.8 Å².